The highest BCUT2D eigenvalue weighted by molar-refractivity contribution is 6.07. The maximum absolute atomic E-state index is 14.1. The van der Waals surface area contributed by atoms with E-state index >= 15 is 0 Å². The number of morpholine rings is 1. The van der Waals surface area contributed by atoms with Crippen LogP contribution in [-0.2, 0) is 4.74 Å². The Morgan fingerprint density at radius 3 is 2.48 bits per heavy atom. The molecule has 2 aromatic carbocycles. The number of rotatable bonds is 4. The van der Waals surface area contributed by atoms with Crippen molar-refractivity contribution in [2.45, 2.75) is 26.1 Å². The minimum Gasteiger partial charge on any atom is -0.497 e. The van der Waals surface area contributed by atoms with Crippen LogP contribution in [-0.4, -0.2) is 55.3 Å². The quantitative estimate of drug-likeness (QED) is 0.625. The fourth-order valence-electron chi connectivity index (χ4n) is 4.04. The van der Waals surface area contributed by atoms with Crippen LogP contribution in [0.25, 0.3) is 22.2 Å². The van der Waals surface area contributed by atoms with Gasteiger partial charge in [-0.05, 0) is 50.2 Å². The number of ether oxygens (including phenoxy) is 3. The molecule has 0 saturated carbocycles. The predicted molar refractivity (Wildman–Crippen MR) is 116 cm³/mol. The number of fused-ring (bicyclic) bond motifs is 1. The summed E-state index contributed by atoms with van der Waals surface area (Å²) < 4.78 is 30.6. The molecule has 4 rings (SSSR count). The Morgan fingerprint density at radius 1 is 1.06 bits per heavy atom. The van der Waals surface area contributed by atoms with Gasteiger partial charge >= 0.3 is 0 Å². The second-order valence-corrected chi connectivity index (χ2v) is 7.75. The largest absolute Gasteiger partial charge is 0.497 e. The van der Waals surface area contributed by atoms with Crippen molar-refractivity contribution < 1.29 is 23.4 Å². The number of hydrogen-bond donors (Lipinski definition) is 0. The lowest BCUT2D eigenvalue weighted by molar-refractivity contribution is -0.0585. The Morgan fingerprint density at radius 2 is 1.81 bits per heavy atom. The van der Waals surface area contributed by atoms with Gasteiger partial charge in [-0.1, -0.05) is 0 Å². The van der Waals surface area contributed by atoms with E-state index in [9.17, 15) is 9.18 Å². The molecule has 1 aromatic heterocycles. The summed E-state index contributed by atoms with van der Waals surface area (Å²) in [5.41, 5.74) is 2.22. The van der Waals surface area contributed by atoms with E-state index in [-0.39, 0.29) is 18.1 Å². The van der Waals surface area contributed by atoms with Gasteiger partial charge in [-0.2, -0.15) is 0 Å². The number of aromatic nitrogens is 1. The van der Waals surface area contributed by atoms with Gasteiger partial charge in [-0.3, -0.25) is 4.79 Å². The SMILES string of the molecule is COc1ccc(-c2cc(C(=O)N3CC(C)OC(C)C3)c3cc(F)ccc3n2)c(OC)c1. The number of hydrogen-bond acceptors (Lipinski definition) is 5. The van der Waals surface area contributed by atoms with Gasteiger partial charge in [0.25, 0.3) is 5.91 Å². The van der Waals surface area contributed by atoms with Gasteiger partial charge in [0.2, 0.25) is 0 Å². The second kappa shape index (κ2) is 8.51. The molecule has 2 heterocycles. The Balaban J connectivity index is 1.87. The summed E-state index contributed by atoms with van der Waals surface area (Å²) in [6.45, 7) is 4.83. The standard InChI is InChI=1S/C24H25FN2O4/c1-14-12-27(13-15(2)31-14)24(28)20-11-22(26-21-8-5-16(25)9-19(20)21)18-7-6-17(29-3)10-23(18)30-4/h5-11,14-15H,12-13H2,1-4H3. The highest BCUT2D eigenvalue weighted by Gasteiger charge is 2.28. The lowest BCUT2D eigenvalue weighted by atomic mass is 10.0. The third kappa shape index (κ3) is 4.18. The van der Waals surface area contributed by atoms with E-state index in [1.807, 2.05) is 19.9 Å². The molecule has 3 aromatic rings. The Hall–Kier alpha value is -3.19. The lowest BCUT2D eigenvalue weighted by Gasteiger charge is -2.35. The first-order chi connectivity index (χ1) is 14.9. The van der Waals surface area contributed by atoms with E-state index in [1.165, 1.54) is 12.1 Å². The molecule has 6 nitrogen and oxygen atoms in total. The summed E-state index contributed by atoms with van der Waals surface area (Å²) in [6.07, 6.45) is -0.141. The van der Waals surface area contributed by atoms with Crippen LogP contribution in [0.5, 0.6) is 11.5 Å². The maximum Gasteiger partial charge on any atom is 0.254 e. The number of nitrogens with zero attached hydrogens (tertiary/aromatic N) is 2. The maximum atomic E-state index is 14.1. The van der Waals surface area contributed by atoms with Gasteiger partial charge in [0.05, 0.1) is 43.2 Å². The second-order valence-electron chi connectivity index (χ2n) is 7.75. The first-order valence-electron chi connectivity index (χ1n) is 10.2. The molecule has 7 heteroatoms. The van der Waals surface area contributed by atoms with E-state index in [0.717, 1.165) is 0 Å². The summed E-state index contributed by atoms with van der Waals surface area (Å²) in [7, 11) is 3.15. The van der Waals surface area contributed by atoms with Crippen molar-refractivity contribution in [2.75, 3.05) is 27.3 Å². The van der Waals surface area contributed by atoms with Crippen molar-refractivity contribution in [1.29, 1.82) is 0 Å². The molecular weight excluding hydrogens is 399 g/mol. The van der Waals surface area contributed by atoms with E-state index in [4.69, 9.17) is 14.2 Å². The number of amides is 1. The third-order valence-electron chi connectivity index (χ3n) is 5.39. The number of benzene rings is 2. The number of pyridine rings is 1. The van der Waals surface area contributed by atoms with E-state index in [2.05, 4.69) is 4.98 Å². The van der Waals surface area contributed by atoms with Gasteiger partial charge in [-0.25, -0.2) is 9.37 Å². The fraction of sp³-hybridized carbons (Fsp3) is 0.333. The van der Waals surface area contributed by atoms with Crippen LogP contribution >= 0.6 is 0 Å². The predicted octanol–water partition coefficient (Wildman–Crippen LogP) is 4.31. The summed E-state index contributed by atoms with van der Waals surface area (Å²) >= 11 is 0. The van der Waals surface area contributed by atoms with Crippen LogP contribution in [0.2, 0.25) is 0 Å². The summed E-state index contributed by atoms with van der Waals surface area (Å²) in [5, 5.41) is 0.480. The van der Waals surface area contributed by atoms with E-state index < -0.39 is 5.82 Å². The molecule has 1 fully saturated rings. The topological polar surface area (TPSA) is 60.9 Å². The molecule has 0 spiro atoms. The fourth-order valence-corrected chi connectivity index (χ4v) is 4.04. The van der Waals surface area contributed by atoms with Crippen molar-refractivity contribution in [2.24, 2.45) is 0 Å². The van der Waals surface area contributed by atoms with Crippen LogP contribution in [0.15, 0.2) is 42.5 Å². The molecule has 0 N–H and O–H groups in total. The molecule has 31 heavy (non-hydrogen) atoms. The van der Waals surface area contributed by atoms with Gasteiger partial charge < -0.3 is 19.1 Å². The smallest absolute Gasteiger partial charge is 0.254 e. The van der Waals surface area contributed by atoms with E-state index in [0.29, 0.717) is 52.3 Å². The highest BCUT2D eigenvalue weighted by atomic mass is 19.1. The Kier molecular flexibility index (Phi) is 5.78. The van der Waals surface area contributed by atoms with Gasteiger partial charge in [0.15, 0.2) is 0 Å². The number of carbonyl (C=O) groups excluding carboxylic acids is 1. The minimum atomic E-state index is -0.415. The molecule has 1 amide bonds. The molecule has 0 radical (unpaired) electrons. The average Bonchev–Trinajstić information content (AvgIpc) is 2.76. The molecule has 1 aliphatic rings. The molecule has 1 saturated heterocycles. The third-order valence-corrected chi connectivity index (χ3v) is 5.39. The number of halogens is 1. The van der Waals surface area contributed by atoms with E-state index in [1.54, 1.807) is 43.4 Å². The molecule has 1 aliphatic heterocycles. The van der Waals surface area contributed by atoms with Gasteiger partial charge in [-0.15, -0.1) is 0 Å². The molecule has 2 unspecified atom stereocenters. The van der Waals surface area contributed by atoms with Crippen LogP contribution in [0, 0.1) is 5.82 Å². The van der Waals surface area contributed by atoms with Gasteiger partial charge in [0, 0.05) is 30.1 Å². The first kappa shape index (κ1) is 21.1. The molecule has 162 valence electrons. The van der Waals surface area contributed by atoms with Crippen molar-refractivity contribution >= 4 is 16.8 Å². The highest BCUT2D eigenvalue weighted by Crippen LogP contribution is 2.35. The Labute approximate surface area is 180 Å². The normalized spacial score (nSPS) is 18.8. The molecule has 2 atom stereocenters. The lowest BCUT2D eigenvalue weighted by Crippen LogP contribution is -2.48. The van der Waals surface area contributed by atoms with Crippen molar-refractivity contribution in [1.82, 2.24) is 9.88 Å². The zero-order valence-corrected chi connectivity index (χ0v) is 18.0. The van der Waals surface area contributed by atoms with Gasteiger partial charge in [0.1, 0.15) is 17.3 Å². The molecular formula is C24H25FN2O4. The van der Waals surface area contributed by atoms with Crippen molar-refractivity contribution in [3.05, 3.63) is 53.8 Å². The zero-order valence-electron chi connectivity index (χ0n) is 18.0. The van der Waals surface area contributed by atoms with Crippen molar-refractivity contribution in [3.8, 4) is 22.8 Å². The molecule has 0 aliphatic carbocycles. The average molecular weight is 424 g/mol. The number of carbonyl (C=O) groups is 1. The summed E-state index contributed by atoms with van der Waals surface area (Å²) in [6, 6.07) is 11.4. The summed E-state index contributed by atoms with van der Waals surface area (Å²) in [5.74, 6) is 0.631. The Bertz CT molecular complexity index is 1120. The van der Waals surface area contributed by atoms with Crippen LogP contribution < -0.4 is 9.47 Å². The van der Waals surface area contributed by atoms with Crippen LogP contribution in [0.1, 0.15) is 24.2 Å². The zero-order chi connectivity index (χ0) is 22.1. The van der Waals surface area contributed by atoms with Crippen LogP contribution in [0.3, 0.4) is 0 Å². The molecule has 0 bridgehead atoms. The van der Waals surface area contributed by atoms with Crippen LogP contribution in [0.4, 0.5) is 4.39 Å². The summed E-state index contributed by atoms with van der Waals surface area (Å²) in [4.78, 5) is 20.0. The monoisotopic (exact) mass is 424 g/mol. The first-order valence-corrected chi connectivity index (χ1v) is 10.2. The number of methoxy groups -OCH3 is 2. The minimum absolute atomic E-state index is 0.0707. The van der Waals surface area contributed by atoms with Crippen molar-refractivity contribution in [3.63, 3.8) is 0 Å².